The van der Waals surface area contributed by atoms with Crippen molar-refractivity contribution >= 4 is 11.8 Å². The number of nitrogens with two attached hydrogens (primary N) is 2. The summed E-state index contributed by atoms with van der Waals surface area (Å²) in [6.45, 7) is 1.59. The predicted molar refractivity (Wildman–Crippen MR) is 121 cm³/mol. The molecule has 1 fully saturated rings. The van der Waals surface area contributed by atoms with E-state index in [4.69, 9.17) is 16.2 Å². The normalized spacial score (nSPS) is 16.5. The van der Waals surface area contributed by atoms with Gasteiger partial charge < -0.3 is 16.2 Å². The van der Waals surface area contributed by atoms with Gasteiger partial charge in [-0.25, -0.2) is 0 Å². The van der Waals surface area contributed by atoms with E-state index in [1.165, 1.54) is 12.1 Å². The number of ether oxygens (including phenoxy) is 1. The van der Waals surface area contributed by atoms with Crippen LogP contribution in [0.25, 0.3) is 0 Å². The lowest BCUT2D eigenvalue weighted by Crippen LogP contribution is -2.50. The topological polar surface area (TPSA) is 102 Å². The summed E-state index contributed by atoms with van der Waals surface area (Å²) in [6.07, 6.45) is -9.91. The SMILES string of the molecule is NC(=O)CN1CCN(C(COCc2cc(C(F)(F)F)cc(C(F)(F)F)c2)c2ccc(C(N)=O)cc2)CC1. The Morgan fingerprint density at radius 1 is 0.865 bits per heavy atom. The molecule has 2 aromatic carbocycles. The summed E-state index contributed by atoms with van der Waals surface area (Å²) >= 11 is 0. The quantitative estimate of drug-likeness (QED) is 0.483. The zero-order valence-corrected chi connectivity index (χ0v) is 19.6. The molecule has 1 saturated heterocycles. The van der Waals surface area contributed by atoms with E-state index in [-0.39, 0.29) is 30.3 Å². The molecule has 1 atom stereocenters. The Bertz CT molecular complexity index is 1060. The Balaban J connectivity index is 1.78. The fraction of sp³-hybridized carbons (Fsp3) is 0.417. The molecule has 1 aliphatic heterocycles. The van der Waals surface area contributed by atoms with Crippen molar-refractivity contribution in [2.75, 3.05) is 39.3 Å². The number of nitrogens with zero attached hydrogens (tertiary/aromatic N) is 2. The maximum Gasteiger partial charge on any atom is 0.416 e. The first-order valence-electron chi connectivity index (χ1n) is 11.2. The molecule has 0 radical (unpaired) electrons. The van der Waals surface area contributed by atoms with E-state index in [0.717, 1.165) is 0 Å². The monoisotopic (exact) mass is 532 g/mol. The summed E-state index contributed by atoms with van der Waals surface area (Å²) in [5, 5.41) is 0. The molecule has 1 heterocycles. The molecule has 0 aliphatic carbocycles. The van der Waals surface area contributed by atoms with Gasteiger partial charge in [-0.05, 0) is 41.5 Å². The molecule has 202 valence electrons. The van der Waals surface area contributed by atoms with E-state index in [1.54, 1.807) is 12.1 Å². The average Bonchev–Trinajstić information content (AvgIpc) is 2.81. The number of hydrogen-bond donors (Lipinski definition) is 2. The maximum absolute atomic E-state index is 13.2. The lowest BCUT2D eigenvalue weighted by molar-refractivity contribution is -0.143. The van der Waals surface area contributed by atoms with Gasteiger partial charge in [0.25, 0.3) is 0 Å². The van der Waals surface area contributed by atoms with Crippen LogP contribution in [-0.2, 0) is 28.5 Å². The van der Waals surface area contributed by atoms with Gasteiger partial charge in [-0.1, -0.05) is 12.1 Å². The molecule has 1 unspecified atom stereocenters. The van der Waals surface area contributed by atoms with Crippen LogP contribution < -0.4 is 11.5 Å². The largest absolute Gasteiger partial charge is 0.416 e. The molecule has 0 spiro atoms. The molecule has 7 nitrogen and oxygen atoms in total. The lowest BCUT2D eigenvalue weighted by Gasteiger charge is -2.39. The number of alkyl halides is 6. The number of rotatable bonds is 9. The van der Waals surface area contributed by atoms with Gasteiger partial charge in [0.05, 0.1) is 36.9 Å². The zero-order chi connectivity index (χ0) is 27.4. The van der Waals surface area contributed by atoms with Gasteiger partial charge in [-0.3, -0.25) is 19.4 Å². The van der Waals surface area contributed by atoms with Crippen LogP contribution in [0.3, 0.4) is 0 Å². The zero-order valence-electron chi connectivity index (χ0n) is 19.6. The highest BCUT2D eigenvalue weighted by Gasteiger charge is 2.37. The molecule has 1 aliphatic rings. The third kappa shape index (κ3) is 7.91. The fourth-order valence-corrected chi connectivity index (χ4v) is 4.13. The molecular weight excluding hydrogens is 506 g/mol. The van der Waals surface area contributed by atoms with E-state index in [0.29, 0.717) is 43.9 Å². The Morgan fingerprint density at radius 3 is 1.86 bits per heavy atom. The van der Waals surface area contributed by atoms with Crippen LogP contribution in [-0.4, -0.2) is 60.9 Å². The number of piperazine rings is 1. The van der Waals surface area contributed by atoms with Crippen molar-refractivity contribution in [3.05, 3.63) is 70.3 Å². The maximum atomic E-state index is 13.2. The van der Waals surface area contributed by atoms with Crippen LogP contribution in [0.2, 0.25) is 0 Å². The number of carbonyl (C=O) groups excluding carboxylic acids is 2. The van der Waals surface area contributed by atoms with Crippen molar-refractivity contribution in [2.24, 2.45) is 11.5 Å². The van der Waals surface area contributed by atoms with Crippen molar-refractivity contribution in [1.29, 1.82) is 0 Å². The van der Waals surface area contributed by atoms with Gasteiger partial charge in [-0.15, -0.1) is 0 Å². The first-order valence-corrected chi connectivity index (χ1v) is 11.2. The highest BCUT2D eigenvalue weighted by Crippen LogP contribution is 2.36. The second kappa shape index (κ2) is 11.5. The second-order valence-electron chi connectivity index (χ2n) is 8.71. The molecule has 37 heavy (non-hydrogen) atoms. The average molecular weight is 532 g/mol. The number of benzene rings is 2. The number of amides is 2. The van der Waals surface area contributed by atoms with Gasteiger partial charge in [0.2, 0.25) is 11.8 Å². The van der Waals surface area contributed by atoms with Crippen LogP contribution in [0.5, 0.6) is 0 Å². The Kier molecular flexibility index (Phi) is 8.82. The minimum atomic E-state index is -4.95. The van der Waals surface area contributed by atoms with E-state index in [2.05, 4.69) is 0 Å². The Labute approximate surface area is 208 Å². The highest BCUT2D eigenvalue weighted by atomic mass is 19.4. The summed E-state index contributed by atoms with van der Waals surface area (Å²) in [6, 6.07) is 7.28. The fourth-order valence-electron chi connectivity index (χ4n) is 4.13. The summed E-state index contributed by atoms with van der Waals surface area (Å²) < 4.78 is 84.7. The standard InChI is InChI=1S/C24H26F6N4O3/c25-23(26,27)18-9-15(10-19(11-18)24(28,29)30)13-37-14-20(16-1-3-17(4-2-16)22(32)36)34-7-5-33(6-8-34)12-21(31)35/h1-4,9-11,20H,5-8,12-14H2,(H2,31,35)(H2,32,36). The summed E-state index contributed by atoms with van der Waals surface area (Å²) in [5.74, 6) is -1.08. The van der Waals surface area contributed by atoms with Gasteiger partial charge >= 0.3 is 12.4 Å². The lowest BCUT2D eigenvalue weighted by atomic mass is 10.0. The van der Waals surface area contributed by atoms with Crippen LogP contribution in [0.15, 0.2) is 42.5 Å². The molecule has 0 aromatic heterocycles. The van der Waals surface area contributed by atoms with Crippen molar-refractivity contribution in [1.82, 2.24) is 9.80 Å². The van der Waals surface area contributed by atoms with Crippen LogP contribution >= 0.6 is 0 Å². The number of hydrogen-bond acceptors (Lipinski definition) is 5. The van der Waals surface area contributed by atoms with Crippen LogP contribution in [0.1, 0.15) is 38.7 Å². The highest BCUT2D eigenvalue weighted by molar-refractivity contribution is 5.92. The molecule has 2 aromatic rings. The molecule has 4 N–H and O–H groups in total. The first-order chi connectivity index (χ1) is 17.2. The smallest absolute Gasteiger partial charge is 0.375 e. The number of carbonyl (C=O) groups is 2. The van der Waals surface area contributed by atoms with Crippen LogP contribution in [0, 0.1) is 0 Å². The van der Waals surface area contributed by atoms with E-state index in [9.17, 15) is 35.9 Å². The summed E-state index contributed by atoms with van der Waals surface area (Å²) in [7, 11) is 0. The van der Waals surface area contributed by atoms with E-state index < -0.39 is 47.9 Å². The van der Waals surface area contributed by atoms with E-state index >= 15 is 0 Å². The third-order valence-corrected chi connectivity index (χ3v) is 6.00. The van der Waals surface area contributed by atoms with Crippen molar-refractivity contribution in [3.63, 3.8) is 0 Å². The van der Waals surface area contributed by atoms with Gasteiger partial charge in [-0.2, -0.15) is 26.3 Å². The van der Waals surface area contributed by atoms with Gasteiger partial charge in [0.15, 0.2) is 0 Å². The molecule has 0 bridgehead atoms. The van der Waals surface area contributed by atoms with Gasteiger partial charge in [0, 0.05) is 31.7 Å². The summed E-state index contributed by atoms with van der Waals surface area (Å²) in [4.78, 5) is 26.5. The molecule has 2 amide bonds. The number of primary amides is 2. The van der Waals surface area contributed by atoms with Crippen molar-refractivity contribution in [3.8, 4) is 0 Å². The second-order valence-corrected chi connectivity index (χ2v) is 8.71. The molecular formula is C24H26F6N4O3. The molecule has 13 heteroatoms. The molecule has 0 saturated carbocycles. The first kappa shape index (κ1) is 28.4. The molecule has 3 rings (SSSR count). The predicted octanol–water partition coefficient (Wildman–Crippen LogP) is 3.18. The third-order valence-electron chi connectivity index (χ3n) is 6.00. The van der Waals surface area contributed by atoms with Gasteiger partial charge in [0.1, 0.15) is 0 Å². The van der Waals surface area contributed by atoms with Crippen LogP contribution in [0.4, 0.5) is 26.3 Å². The minimum Gasteiger partial charge on any atom is -0.375 e. The Hall–Kier alpha value is -3.16. The van der Waals surface area contributed by atoms with Crippen molar-refractivity contribution in [2.45, 2.75) is 25.0 Å². The number of halogens is 6. The minimum absolute atomic E-state index is 0.0522. The summed E-state index contributed by atoms with van der Waals surface area (Å²) in [5.41, 5.74) is 8.44. The van der Waals surface area contributed by atoms with E-state index in [1.807, 2.05) is 9.80 Å². The Morgan fingerprint density at radius 2 is 1.41 bits per heavy atom. The van der Waals surface area contributed by atoms with Crippen molar-refractivity contribution < 1.29 is 40.7 Å².